The summed E-state index contributed by atoms with van der Waals surface area (Å²) in [6.07, 6.45) is 6.50. The van der Waals surface area contributed by atoms with E-state index in [4.69, 9.17) is 14.1 Å². The van der Waals surface area contributed by atoms with Crippen LogP contribution in [-0.4, -0.2) is 33.2 Å². The Morgan fingerprint density at radius 1 is 1.15 bits per heavy atom. The van der Waals surface area contributed by atoms with Crippen LogP contribution in [0, 0.1) is 12.7 Å². The number of carbonyl (C=O) groups is 1. The normalized spacial score (nSPS) is 14.9. The van der Waals surface area contributed by atoms with Gasteiger partial charge in [0.05, 0.1) is 17.7 Å². The molecule has 1 aliphatic heterocycles. The SMILES string of the molecule is C/C=C\C(=C/CC)COC(=O)NC1N=C(c2ccccc2F)c2cc(-c3ccco3)ccc2-n2c(C)nnc21. The number of carbonyl (C=O) groups excluding carboxylic acids is 1. The Morgan fingerprint density at radius 2 is 2.00 bits per heavy atom. The van der Waals surface area contributed by atoms with Crippen LogP contribution in [0.3, 0.4) is 0 Å². The van der Waals surface area contributed by atoms with Gasteiger partial charge in [-0.25, -0.2) is 9.18 Å². The van der Waals surface area contributed by atoms with E-state index in [9.17, 15) is 4.79 Å². The first kappa shape index (κ1) is 25.8. The summed E-state index contributed by atoms with van der Waals surface area (Å²) in [7, 11) is 0. The molecule has 1 N–H and O–H groups in total. The maximum absolute atomic E-state index is 15.2. The second kappa shape index (κ2) is 11.3. The van der Waals surface area contributed by atoms with Crippen molar-refractivity contribution >= 4 is 11.8 Å². The number of hydrogen-bond acceptors (Lipinski definition) is 6. The Balaban J connectivity index is 1.61. The van der Waals surface area contributed by atoms with E-state index >= 15 is 4.39 Å². The van der Waals surface area contributed by atoms with E-state index < -0.39 is 18.1 Å². The Hall–Kier alpha value is -4.79. The number of aliphatic imine (C=N–C) groups is 1. The van der Waals surface area contributed by atoms with E-state index in [2.05, 4.69) is 15.5 Å². The molecule has 2 aromatic carbocycles. The van der Waals surface area contributed by atoms with Crippen molar-refractivity contribution in [2.24, 2.45) is 4.99 Å². The number of rotatable bonds is 7. The number of aromatic nitrogens is 3. The van der Waals surface area contributed by atoms with Gasteiger partial charge in [0, 0.05) is 16.7 Å². The summed E-state index contributed by atoms with van der Waals surface area (Å²) in [5, 5.41) is 11.4. The minimum absolute atomic E-state index is 0.0963. The highest BCUT2D eigenvalue weighted by atomic mass is 19.1. The van der Waals surface area contributed by atoms with Crippen LogP contribution in [0.5, 0.6) is 0 Å². The third-order valence-electron chi connectivity index (χ3n) is 6.25. The number of halogens is 1. The van der Waals surface area contributed by atoms with Crippen molar-refractivity contribution in [3.8, 4) is 17.0 Å². The fraction of sp³-hybridized carbons (Fsp3) is 0.200. The first-order valence-corrected chi connectivity index (χ1v) is 12.7. The van der Waals surface area contributed by atoms with Crippen LogP contribution < -0.4 is 5.32 Å². The molecule has 3 heterocycles. The number of alkyl carbamates (subject to hydrolysis) is 1. The Morgan fingerprint density at radius 3 is 2.74 bits per heavy atom. The standard InChI is InChI=1S/C30H28FN5O3/c1-4-9-20(10-5-2)18-39-30(37)33-28-29-35-34-19(3)36(29)25-15-14-21(26-13-8-16-38-26)17-23(25)27(32-28)22-11-6-7-12-24(22)31/h4,6-17,28H,5,18H2,1-3H3,(H,33,37)/b9-4-,20-10+. The predicted octanol–water partition coefficient (Wildman–Crippen LogP) is 6.46. The molecule has 4 aromatic rings. The fourth-order valence-corrected chi connectivity index (χ4v) is 4.54. The van der Waals surface area contributed by atoms with Gasteiger partial charge in [0.25, 0.3) is 0 Å². The lowest BCUT2D eigenvalue weighted by molar-refractivity contribution is 0.152. The third-order valence-corrected chi connectivity index (χ3v) is 6.25. The minimum atomic E-state index is -0.993. The monoisotopic (exact) mass is 525 g/mol. The van der Waals surface area contributed by atoms with Crippen molar-refractivity contribution in [3.63, 3.8) is 0 Å². The zero-order valence-corrected chi connectivity index (χ0v) is 21.9. The third kappa shape index (κ3) is 5.29. The van der Waals surface area contributed by atoms with E-state index in [-0.39, 0.29) is 12.2 Å². The van der Waals surface area contributed by atoms with E-state index in [1.54, 1.807) is 30.5 Å². The lowest BCUT2D eigenvalue weighted by Crippen LogP contribution is -2.30. The number of nitrogens with one attached hydrogen (secondary N) is 1. The van der Waals surface area contributed by atoms with Crippen LogP contribution in [0.4, 0.5) is 9.18 Å². The quantitative estimate of drug-likeness (QED) is 0.279. The molecule has 1 unspecified atom stereocenters. The molecular weight excluding hydrogens is 497 g/mol. The van der Waals surface area contributed by atoms with Gasteiger partial charge in [-0.3, -0.25) is 14.9 Å². The number of allylic oxidation sites excluding steroid dienone is 2. The van der Waals surface area contributed by atoms with E-state index in [0.29, 0.717) is 34.4 Å². The topological polar surface area (TPSA) is 94.5 Å². The van der Waals surface area contributed by atoms with Crippen LogP contribution in [-0.2, 0) is 4.74 Å². The zero-order valence-electron chi connectivity index (χ0n) is 21.9. The molecule has 5 rings (SSSR count). The number of hydrogen-bond donors (Lipinski definition) is 1. The van der Waals surface area contributed by atoms with Crippen LogP contribution in [0.2, 0.25) is 0 Å². The summed E-state index contributed by atoms with van der Waals surface area (Å²) in [6.45, 7) is 5.82. The fourth-order valence-electron chi connectivity index (χ4n) is 4.54. The highest BCUT2D eigenvalue weighted by molar-refractivity contribution is 6.16. The molecular formula is C30H28FN5O3. The number of aryl methyl sites for hydroxylation is 1. The van der Waals surface area contributed by atoms with Gasteiger partial charge >= 0.3 is 6.09 Å². The Kier molecular flexibility index (Phi) is 7.49. The van der Waals surface area contributed by atoms with Crippen molar-refractivity contribution in [1.82, 2.24) is 20.1 Å². The summed E-state index contributed by atoms with van der Waals surface area (Å²) in [4.78, 5) is 17.8. The number of ether oxygens (including phenoxy) is 1. The van der Waals surface area contributed by atoms with Gasteiger partial charge in [0.2, 0.25) is 0 Å². The molecule has 1 atom stereocenters. The van der Waals surface area contributed by atoms with Crippen molar-refractivity contribution in [2.45, 2.75) is 33.4 Å². The predicted molar refractivity (Wildman–Crippen MR) is 146 cm³/mol. The van der Waals surface area contributed by atoms with Crippen LogP contribution >= 0.6 is 0 Å². The van der Waals surface area contributed by atoms with Gasteiger partial charge in [-0.05, 0) is 68.3 Å². The van der Waals surface area contributed by atoms with Gasteiger partial charge < -0.3 is 9.15 Å². The van der Waals surface area contributed by atoms with E-state index in [0.717, 1.165) is 17.6 Å². The summed E-state index contributed by atoms with van der Waals surface area (Å²) in [5.74, 6) is 1.18. The Bertz CT molecular complexity index is 1580. The number of furan rings is 1. The van der Waals surface area contributed by atoms with Gasteiger partial charge in [0.1, 0.15) is 24.0 Å². The van der Waals surface area contributed by atoms with Gasteiger partial charge in [-0.15, -0.1) is 10.2 Å². The molecule has 39 heavy (non-hydrogen) atoms. The smallest absolute Gasteiger partial charge is 0.409 e. The van der Waals surface area contributed by atoms with Crippen LogP contribution in [0.1, 0.15) is 49.2 Å². The molecule has 0 aliphatic carbocycles. The molecule has 0 radical (unpaired) electrons. The molecule has 1 amide bonds. The summed E-state index contributed by atoms with van der Waals surface area (Å²) < 4.78 is 28.1. The number of benzene rings is 2. The molecule has 0 fully saturated rings. The molecule has 1 aliphatic rings. The summed E-state index contributed by atoms with van der Waals surface area (Å²) in [6, 6.07) is 15.7. The molecule has 9 heteroatoms. The van der Waals surface area contributed by atoms with Gasteiger partial charge in [-0.1, -0.05) is 37.3 Å². The minimum Gasteiger partial charge on any atom is -0.464 e. The lowest BCUT2D eigenvalue weighted by atomic mass is 9.97. The largest absolute Gasteiger partial charge is 0.464 e. The zero-order chi connectivity index (χ0) is 27.4. The molecule has 0 saturated heterocycles. The first-order chi connectivity index (χ1) is 19.0. The highest BCUT2D eigenvalue weighted by Gasteiger charge is 2.30. The lowest BCUT2D eigenvalue weighted by Gasteiger charge is -2.15. The first-order valence-electron chi connectivity index (χ1n) is 12.7. The second-order valence-electron chi connectivity index (χ2n) is 8.92. The summed E-state index contributed by atoms with van der Waals surface area (Å²) >= 11 is 0. The average Bonchev–Trinajstić information content (AvgIpc) is 3.58. The molecule has 0 spiro atoms. The number of fused-ring (bicyclic) bond motifs is 3. The molecule has 8 nitrogen and oxygen atoms in total. The van der Waals surface area contributed by atoms with Crippen molar-refractivity contribution in [1.29, 1.82) is 0 Å². The van der Waals surface area contributed by atoms with Gasteiger partial charge in [-0.2, -0.15) is 0 Å². The average molecular weight is 526 g/mol. The molecule has 0 saturated carbocycles. The van der Waals surface area contributed by atoms with Crippen LogP contribution in [0.15, 0.2) is 94.1 Å². The number of nitrogens with zero attached hydrogens (tertiary/aromatic N) is 4. The summed E-state index contributed by atoms with van der Waals surface area (Å²) in [5.41, 5.74) is 3.64. The molecule has 0 bridgehead atoms. The van der Waals surface area contributed by atoms with Crippen molar-refractivity contribution in [2.75, 3.05) is 6.61 Å². The molecule has 2 aromatic heterocycles. The van der Waals surface area contributed by atoms with E-state index in [1.807, 2.05) is 67.8 Å². The molecule has 198 valence electrons. The Labute approximate surface area is 225 Å². The van der Waals surface area contributed by atoms with Crippen molar-refractivity contribution in [3.05, 3.63) is 113 Å². The van der Waals surface area contributed by atoms with Gasteiger partial charge in [0.15, 0.2) is 12.0 Å². The maximum atomic E-state index is 15.2. The van der Waals surface area contributed by atoms with Crippen molar-refractivity contribution < 1.29 is 18.3 Å². The van der Waals surface area contributed by atoms with Crippen LogP contribution in [0.25, 0.3) is 17.0 Å². The highest BCUT2D eigenvalue weighted by Crippen LogP contribution is 2.33. The second-order valence-corrected chi connectivity index (χ2v) is 8.92. The maximum Gasteiger partial charge on any atom is 0.409 e. The number of amides is 1. The van der Waals surface area contributed by atoms with E-state index in [1.165, 1.54) is 6.07 Å².